The van der Waals surface area contributed by atoms with Crippen molar-refractivity contribution < 1.29 is 0 Å². The molecule has 108 valence electrons. The molecule has 0 unspecified atom stereocenters. The van der Waals surface area contributed by atoms with E-state index in [0.717, 1.165) is 25.0 Å². The second-order valence-electron chi connectivity index (χ2n) is 6.81. The molecule has 0 aromatic heterocycles. The molecule has 19 heavy (non-hydrogen) atoms. The molecule has 0 amide bonds. The summed E-state index contributed by atoms with van der Waals surface area (Å²) in [6.07, 6.45) is 12.6. The first kappa shape index (κ1) is 13.3. The molecule has 0 aromatic rings. The Morgan fingerprint density at radius 1 is 1.11 bits per heavy atom. The number of rotatable bonds is 5. The second-order valence-corrected chi connectivity index (χ2v) is 6.81. The SMILES string of the molecule is CCNC(=NCC1(C2CC2)CC1)NC1CCCCC1. The number of hydrogen-bond acceptors (Lipinski definition) is 1. The van der Waals surface area contributed by atoms with Crippen LogP contribution in [0, 0.1) is 11.3 Å². The Kier molecular flexibility index (Phi) is 3.99. The van der Waals surface area contributed by atoms with Crippen molar-refractivity contribution in [1.82, 2.24) is 10.6 Å². The van der Waals surface area contributed by atoms with Crippen LogP contribution in [0.15, 0.2) is 4.99 Å². The maximum atomic E-state index is 4.90. The van der Waals surface area contributed by atoms with E-state index in [1.807, 2.05) is 0 Å². The van der Waals surface area contributed by atoms with Crippen molar-refractivity contribution in [3.05, 3.63) is 0 Å². The van der Waals surface area contributed by atoms with Gasteiger partial charge in [0, 0.05) is 19.1 Å². The predicted molar refractivity (Wildman–Crippen MR) is 80.4 cm³/mol. The lowest BCUT2D eigenvalue weighted by atomic mass is 9.96. The van der Waals surface area contributed by atoms with Gasteiger partial charge in [0.1, 0.15) is 0 Å². The van der Waals surface area contributed by atoms with Gasteiger partial charge < -0.3 is 10.6 Å². The first-order valence-corrected chi connectivity index (χ1v) is 8.37. The summed E-state index contributed by atoms with van der Waals surface area (Å²) < 4.78 is 0. The Balaban J connectivity index is 1.53. The molecule has 3 rings (SSSR count). The maximum absolute atomic E-state index is 4.90. The van der Waals surface area contributed by atoms with Crippen molar-refractivity contribution in [2.24, 2.45) is 16.3 Å². The van der Waals surface area contributed by atoms with Gasteiger partial charge in [0.2, 0.25) is 0 Å². The van der Waals surface area contributed by atoms with Crippen molar-refractivity contribution in [2.45, 2.75) is 70.8 Å². The molecule has 3 saturated carbocycles. The van der Waals surface area contributed by atoms with Gasteiger partial charge >= 0.3 is 0 Å². The summed E-state index contributed by atoms with van der Waals surface area (Å²) in [4.78, 5) is 4.90. The average Bonchev–Trinajstić information content (AvgIpc) is 3.28. The van der Waals surface area contributed by atoms with Gasteiger partial charge in [-0.1, -0.05) is 19.3 Å². The highest BCUT2D eigenvalue weighted by molar-refractivity contribution is 5.80. The Morgan fingerprint density at radius 2 is 1.84 bits per heavy atom. The first-order chi connectivity index (χ1) is 9.32. The van der Waals surface area contributed by atoms with Gasteiger partial charge in [-0.05, 0) is 56.8 Å². The zero-order valence-corrected chi connectivity index (χ0v) is 12.4. The van der Waals surface area contributed by atoms with E-state index in [4.69, 9.17) is 4.99 Å². The minimum atomic E-state index is 0.620. The van der Waals surface area contributed by atoms with Crippen LogP contribution in [0.25, 0.3) is 0 Å². The van der Waals surface area contributed by atoms with E-state index in [0.29, 0.717) is 11.5 Å². The molecular weight excluding hydrogens is 234 g/mol. The van der Waals surface area contributed by atoms with Crippen LogP contribution in [-0.2, 0) is 0 Å². The average molecular weight is 263 g/mol. The van der Waals surface area contributed by atoms with Crippen molar-refractivity contribution in [3.8, 4) is 0 Å². The van der Waals surface area contributed by atoms with Gasteiger partial charge in [-0.25, -0.2) is 0 Å². The van der Waals surface area contributed by atoms with Gasteiger partial charge in [0.05, 0.1) is 0 Å². The molecule has 2 N–H and O–H groups in total. The summed E-state index contributed by atoms with van der Waals surface area (Å²) in [5.74, 6) is 2.08. The number of hydrogen-bond donors (Lipinski definition) is 2. The topological polar surface area (TPSA) is 36.4 Å². The molecule has 3 aliphatic rings. The summed E-state index contributed by atoms with van der Waals surface area (Å²) in [6.45, 7) is 4.18. The van der Waals surface area contributed by atoms with Gasteiger partial charge in [-0.3, -0.25) is 4.99 Å². The molecule has 0 saturated heterocycles. The van der Waals surface area contributed by atoms with E-state index < -0.39 is 0 Å². The lowest BCUT2D eigenvalue weighted by molar-refractivity contribution is 0.407. The largest absolute Gasteiger partial charge is 0.357 e. The number of aliphatic imine (C=N–C) groups is 1. The van der Waals surface area contributed by atoms with Crippen molar-refractivity contribution >= 4 is 5.96 Å². The summed E-state index contributed by atoms with van der Waals surface area (Å²) in [5.41, 5.74) is 0.620. The minimum Gasteiger partial charge on any atom is -0.357 e. The molecule has 3 heteroatoms. The van der Waals surface area contributed by atoms with Crippen LogP contribution < -0.4 is 10.6 Å². The first-order valence-electron chi connectivity index (χ1n) is 8.37. The molecule has 3 aliphatic carbocycles. The van der Waals surface area contributed by atoms with E-state index in [1.165, 1.54) is 57.8 Å². The van der Waals surface area contributed by atoms with Gasteiger partial charge in [-0.15, -0.1) is 0 Å². The van der Waals surface area contributed by atoms with Crippen LogP contribution in [-0.4, -0.2) is 25.1 Å². The molecule has 0 bridgehead atoms. The van der Waals surface area contributed by atoms with Crippen LogP contribution in [0.4, 0.5) is 0 Å². The van der Waals surface area contributed by atoms with Crippen molar-refractivity contribution in [3.63, 3.8) is 0 Å². The summed E-state index contributed by atoms with van der Waals surface area (Å²) in [5, 5.41) is 7.08. The molecule has 0 aromatic carbocycles. The van der Waals surface area contributed by atoms with Crippen LogP contribution in [0.5, 0.6) is 0 Å². The summed E-state index contributed by atoms with van der Waals surface area (Å²) in [7, 11) is 0. The predicted octanol–water partition coefficient (Wildman–Crippen LogP) is 3.06. The van der Waals surface area contributed by atoms with Crippen molar-refractivity contribution in [1.29, 1.82) is 0 Å². The molecule has 0 spiro atoms. The number of nitrogens with zero attached hydrogens (tertiary/aromatic N) is 1. The van der Waals surface area contributed by atoms with Crippen LogP contribution in [0.2, 0.25) is 0 Å². The highest BCUT2D eigenvalue weighted by Crippen LogP contribution is 2.61. The van der Waals surface area contributed by atoms with Gasteiger partial charge in [0.25, 0.3) is 0 Å². The van der Waals surface area contributed by atoms with E-state index in [-0.39, 0.29) is 0 Å². The number of guanidine groups is 1. The monoisotopic (exact) mass is 263 g/mol. The lowest BCUT2D eigenvalue weighted by Gasteiger charge is -2.25. The molecule has 0 atom stereocenters. The van der Waals surface area contributed by atoms with Gasteiger partial charge in [0.15, 0.2) is 5.96 Å². The third-order valence-corrected chi connectivity index (χ3v) is 5.18. The molecule has 0 aliphatic heterocycles. The van der Waals surface area contributed by atoms with E-state index in [2.05, 4.69) is 17.6 Å². The minimum absolute atomic E-state index is 0.620. The Hall–Kier alpha value is -0.730. The Morgan fingerprint density at radius 3 is 2.42 bits per heavy atom. The highest BCUT2D eigenvalue weighted by Gasteiger charge is 2.53. The molecule has 3 nitrogen and oxygen atoms in total. The van der Waals surface area contributed by atoms with Crippen molar-refractivity contribution in [2.75, 3.05) is 13.1 Å². The zero-order chi connectivity index (χ0) is 13.1. The fourth-order valence-electron chi connectivity index (χ4n) is 3.55. The van der Waals surface area contributed by atoms with Crippen LogP contribution in [0.1, 0.15) is 64.7 Å². The Labute approximate surface area is 117 Å². The van der Waals surface area contributed by atoms with Crippen LogP contribution >= 0.6 is 0 Å². The maximum Gasteiger partial charge on any atom is 0.191 e. The van der Waals surface area contributed by atoms with E-state index >= 15 is 0 Å². The fourth-order valence-corrected chi connectivity index (χ4v) is 3.55. The standard InChI is InChI=1S/C16H29N3/c1-2-17-15(19-14-6-4-3-5-7-14)18-12-16(10-11-16)13-8-9-13/h13-14H,2-12H2,1H3,(H2,17,18,19). The molecule has 3 fully saturated rings. The third-order valence-electron chi connectivity index (χ3n) is 5.18. The second kappa shape index (κ2) is 5.72. The van der Waals surface area contributed by atoms with E-state index in [9.17, 15) is 0 Å². The molecule has 0 radical (unpaired) electrons. The highest BCUT2D eigenvalue weighted by atomic mass is 15.2. The fraction of sp³-hybridized carbons (Fsp3) is 0.938. The Bertz CT molecular complexity index is 323. The quantitative estimate of drug-likeness (QED) is 0.591. The zero-order valence-electron chi connectivity index (χ0n) is 12.4. The molecule has 0 heterocycles. The molecular formula is C16H29N3. The lowest BCUT2D eigenvalue weighted by Crippen LogP contribution is -2.44. The smallest absolute Gasteiger partial charge is 0.191 e. The normalized spacial score (nSPS) is 27.1. The number of nitrogens with one attached hydrogen (secondary N) is 2. The van der Waals surface area contributed by atoms with E-state index in [1.54, 1.807) is 0 Å². The third kappa shape index (κ3) is 3.43. The van der Waals surface area contributed by atoms with Gasteiger partial charge in [-0.2, -0.15) is 0 Å². The summed E-state index contributed by atoms with van der Waals surface area (Å²) in [6, 6.07) is 0.655. The summed E-state index contributed by atoms with van der Waals surface area (Å²) >= 11 is 0. The van der Waals surface area contributed by atoms with Crippen LogP contribution in [0.3, 0.4) is 0 Å².